The Labute approximate surface area is 176 Å². The van der Waals surface area contributed by atoms with Gasteiger partial charge in [0.05, 0.1) is 12.9 Å². The molecule has 2 aromatic carbocycles. The van der Waals surface area contributed by atoms with Gasteiger partial charge < -0.3 is 9.13 Å². The van der Waals surface area contributed by atoms with Gasteiger partial charge in [0.15, 0.2) is 0 Å². The third kappa shape index (κ3) is 4.46. The Balaban J connectivity index is 1.49. The van der Waals surface area contributed by atoms with Crippen molar-refractivity contribution in [2.45, 2.75) is 19.5 Å². The highest BCUT2D eigenvalue weighted by Crippen LogP contribution is 2.26. The molecule has 0 saturated heterocycles. The van der Waals surface area contributed by atoms with E-state index in [0.717, 1.165) is 20.9 Å². The maximum Gasteiger partial charge on any atom is 0.257 e. The van der Waals surface area contributed by atoms with Crippen molar-refractivity contribution in [1.29, 1.82) is 0 Å². The molecule has 146 valence electrons. The predicted molar refractivity (Wildman–Crippen MR) is 114 cm³/mol. The van der Waals surface area contributed by atoms with Gasteiger partial charge in [-0.25, -0.2) is 4.98 Å². The Morgan fingerprint density at radius 1 is 1.10 bits per heavy atom. The molecule has 0 radical (unpaired) electrons. The molecule has 2 heterocycles. The molecule has 0 unspecified atom stereocenters. The molecule has 4 aromatic rings. The van der Waals surface area contributed by atoms with E-state index in [1.807, 2.05) is 29.0 Å². The number of hydrogen-bond acceptors (Lipinski definition) is 3. The molecule has 0 atom stereocenters. The van der Waals surface area contributed by atoms with Crippen LogP contribution in [0, 0.1) is 0 Å². The Kier molecular flexibility index (Phi) is 5.57. The molecular formula is C22H19BrN4O2. The number of imide groups is 1. The lowest BCUT2D eigenvalue weighted by Crippen LogP contribution is -2.30. The molecule has 2 amide bonds. The summed E-state index contributed by atoms with van der Waals surface area (Å²) in [6.45, 7) is 1.18. The Hall–Kier alpha value is -3.19. The highest BCUT2D eigenvalue weighted by atomic mass is 79.9. The molecule has 0 aliphatic carbocycles. The van der Waals surface area contributed by atoms with Gasteiger partial charge in [0, 0.05) is 52.5 Å². The number of benzene rings is 2. The minimum atomic E-state index is -0.377. The molecule has 0 aliphatic rings. The summed E-state index contributed by atoms with van der Waals surface area (Å²) in [6.07, 6.45) is 7.73. The quantitative estimate of drug-likeness (QED) is 0.482. The van der Waals surface area contributed by atoms with Gasteiger partial charge in [-0.3, -0.25) is 14.9 Å². The van der Waals surface area contributed by atoms with E-state index >= 15 is 0 Å². The van der Waals surface area contributed by atoms with E-state index in [4.69, 9.17) is 0 Å². The van der Waals surface area contributed by atoms with Crippen molar-refractivity contribution in [3.63, 3.8) is 0 Å². The van der Waals surface area contributed by atoms with Crippen LogP contribution in [0.4, 0.5) is 0 Å². The fourth-order valence-electron chi connectivity index (χ4n) is 3.30. The fraction of sp³-hybridized carbons (Fsp3) is 0.136. The number of halogens is 1. The van der Waals surface area contributed by atoms with Crippen LogP contribution < -0.4 is 5.32 Å². The Morgan fingerprint density at radius 3 is 2.69 bits per heavy atom. The van der Waals surface area contributed by atoms with Gasteiger partial charge in [0.2, 0.25) is 5.91 Å². The van der Waals surface area contributed by atoms with Crippen LogP contribution >= 0.6 is 15.9 Å². The van der Waals surface area contributed by atoms with Gasteiger partial charge in [-0.15, -0.1) is 0 Å². The summed E-state index contributed by atoms with van der Waals surface area (Å²) in [5.41, 5.74) is 2.66. The number of hydrogen-bond donors (Lipinski definition) is 1. The maximum absolute atomic E-state index is 12.3. The first-order valence-corrected chi connectivity index (χ1v) is 10.0. The van der Waals surface area contributed by atoms with Crippen LogP contribution in [0.2, 0.25) is 0 Å². The second-order valence-corrected chi connectivity index (χ2v) is 7.65. The van der Waals surface area contributed by atoms with E-state index in [1.165, 1.54) is 0 Å². The summed E-state index contributed by atoms with van der Waals surface area (Å²) >= 11 is 3.54. The predicted octanol–water partition coefficient (Wildman–Crippen LogP) is 4.00. The molecule has 29 heavy (non-hydrogen) atoms. The number of amides is 2. The summed E-state index contributed by atoms with van der Waals surface area (Å²) in [4.78, 5) is 28.5. The second kappa shape index (κ2) is 8.45. The van der Waals surface area contributed by atoms with Crippen LogP contribution in [0.5, 0.6) is 0 Å². The number of aromatic nitrogens is 3. The maximum atomic E-state index is 12.3. The zero-order valence-electron chi connectivity index (χ0n) is 15.6. The Bertz CT molecular complexity index is 1150. The molecule has 0 aliphatic heterocycles. The van der Waals surface area contributed by atoms with Crippen molar-refractivity contribution >= 4 is 38.6 Å². The van der Waals surface area contributed by atoms with Crippen LogP contribution in [0.25, 0.3) is 10.9 Å². The molecule has 7 heteroatoms. The fourth-order valence-corrected chi connectivity index (χ4v) is 3.66. The van der Waals surface area contributed by atoms with Crippen LogP contribution in [0.15, 0.2) is 77.9 Å². The van der Waals surface area contributed by atoms with E-state index in [-0.39, 0.29) is 18.2 Å². The first kappa shape index (κ1) is 19.1. The number of aryl methyl sites for hydroxylation is 1. The van der Waals surface area contributed by atoms with Crippen molar-refractivity contribution in [2.75, 3.05) is 0 Å². The third-order valence-electron chi connectivity index (χ3n) is 4.71. The first-order valence-electron chi connectivity index (χ1n) is 9.22. The van der Waals surface area contributed by atoms with Crippen molar-refractivity contribution < 1.29 is 9.59 Å². The molecule has 0 spiro atoms. The third-order valence-corrected chi connectivity index (χ3v) is 5.20. The first-order chi connectivity index (χ1) is 14.1. The van der Waals surface area contributed by atoms with Crippen molar-refractivity contribution in [2.24, 2.45) is 0 Å². The van der Waals surface area contributed by atoms with Gasteiger partial charge in [0.25, 0.3) is 5.91 Å². The molecule has 1 N–H and O–H groups in total. The summed E-state index contributed by atoms with van der Waals surface area (Å²) in [5.74, 6) is -0.674. The lowest BCUT2D eigenvalue weighted by Gasteiger charge is -2.07. The zero-order chi connectivity index (χ0) is 20.2. The lowest BCUT2D eigenvalue weighted by atomic mass is 10.2. The number of carbonyl (C=O) groups excluding carboxylic acids is 2. The molecule has 4 rings (SSSR count). The minimum absolute atomic E-state index is 0.211. The number of nitrogens with zero attached hydrogens (tertiary/aromatic N) is 3. The van der Waals surface area contributed by atoms with E-state index in [0.29, 0.717) is 18.7 Å². The zero-order valence-corrected chi connectivity index (χ0v) is 17.2. The number of nitrogens with one attached hydrogen (secondary N) is 1. The van der Waals surface area contributed by atoms with Crippen LogP contribution in [-0.4, -0.2) is 25.9 Å². The molecule has 0 fully saturated rings. The molecular weight excluding hydrogens is 432 g/mol. The largest absolute Gasteiger partial charge is 0.347 e. The lowest BCUT2D eigenvalue weighted by molar-refractivity contribution is -0.120. The van der Waals surface area contributed by atoms with Crippen LogP contribution in [0.1, 0.15) is 22.3 Å². The summed E-state index contributed by atoms with van der Waals surface area (Å²) in [6, 6.07) is 14.8. The summed E-state index contributed by atoms with van der Waals surface area (Å²) < 4.78 is 5.06. The van der Waals surface area contributed by atoms with Crippen molar-refractivity contribution in [3.8, 4) is 0 Å². The Morgan fingerprint density at radius 2 is 1.93 bits per heavy atom. The number of fused-ring (bicyclic) bond motifs is 1. The highest BCUT2D eigenvalue weighted by molar-refractivity contribution is 9.10. The van der Waals surface area contributed by atoms with Gasteiger partial charge in [-0.05, 0) is 35.9 Å². The standard InChI is InChI=1S/C22H19BrN4O2/c23-18-6-7-20-19(12-18)17(13-26-11-9-24-15-26)14-27(20)10-8-21(28)25-22(29)16-4-2-1-3-5-16/h1-7,9,11-12,14-15H,8,10,13H2,(H,25,28,29). The second-order valence-electron chi connectivity index (χ2n) is 6.74. The SMILES string of the molecule is O=C(CCn1cc(Cn2ccnc2)c2cc(Br)ccc21)NC(=O)c1ccccc1. The summed E-state index contributed by atoms with van der Waals surface area (Å²) in [5, 5.41) is 3.58. The van der Waals surface area contributed by atoms with Gasteiger partial charge in [-0.1, -0.05) is 34.1 Å². The van der Waals surface area contributed by atoms with Gasteiger partial charge in [0.1, 0.15) is 0 Å². The molecule has 2 aromatic heterocycles. The molecule has 6 nitrogen and oxygen atoms in total. The van der Waals surface area contributed by atoms with Crippen molar-refractivity contribution in [3.05, 3.63) is 89.0 Å². The number of carbonyl (C=O) groups is 2. The number of imidazole rings is 1. The molecule has 0 bridgehead atoms. The summed E-state index contributed by atoms with van der Waals surface area (Å²) in [7, 11) is 0. The number of rotatable bonds is 6. The van der Waals surface area contributed by atoms with Crippen LogP contribution in [0.3, 0.4) is 0 Å². The van der Waals surface area contributed by atoms with E-state index in [2.05, 4.69) is 43.1 Å². The van der Waals surface area contributed by atoms with Gasteiger partial charge >= 0.3 is 0 Å². The smallest absolute Gasteiger partial charge is 0.257 e. The van der Waals surface area contributed by atoms with E-state index in [1.54, 1.807) is 36.8 Å². The van der Waals surface area contributed by atoms with Crippen LogP contribution in [-0.2, 0) is 17.9 Å². The van der Waals surface area contributed by atoms with Crippen molar-refractivity contribution in [1.82, 2.24) is 19.4 Å². The normalized spacial score (nSPS) is 10.9. The molecule has 0 saturated carbocycles. The topological polar surface area (TPSA) is 68.9 Å². The minimum Gasteiger partial charge on any atom is -0.347 e. The average molecular weight is 451 g/mol. The highest BCUT2D eigenvalue weighted by Gasteiger charge is 2.13. The van der Waals surface area contributed by atoms with E-state index < -0.39 is 0 Å². The monoisotopic (exact) mass is 450 g/mol. The van der Waals surface area contributed by atoms with E-state index in [9.17, 15) is 9.59 Å². The average Bonchev–Trinajstić information content (AvgIpc) is 3.35. The van der Waals surface area contributed by atoms with Gasteiger partial charge in [-0.2, -0.15) is 0 Å².